The molecule has 3 heterocycles. The van der Waals surface area contributed by atoms with Crippen LogP contribution < -0.4 is 0 Å². The summed E-state index contributed by atoms with van der Waals surface area (Å²) in [7, 11) is 0. The van der Waals surface area contributed by atoms with Crippen molar-refractivity contribution < 1.29 is 4.42 Å². The fourth-order valence-corrected chi connectivity index (χ4v) is 5.46. The van der Waals surface area contributed by atoms with Crippen LogP contribution in [0.3, 0.4) is 0 Å². The van der Waals surface area contributed by atoms with Crippen LogP contribution in [0.5, 0.6) is 0 Å². The van der Waals surface area contributed by atoms with Gasteiger partial charge in [0, 0.05) is 22.7 Å². The number of nitrogens with zero attached hydrogens (tertiary/aromatic N) is 4. The molecule has 0 atom stereocenters. The fraction of sp³-hybridized carbons (Fsp3) is 0. The Morgan fingerprint density at radius 1 is 0.372 bits per heavy atom. The van der Waals surface area contributed by atoms with Crippen LogP contribution in [0, 0.1) is 0 Å². The smallest absolute Gasteiger partial charge is 0.183 e. The Hall–Kier alpha value is -5.94. The Morgan fingerprint density at radius 2 is 0.837 bits per heavy atom. The van der Waals surface area contributed by atoms with E-state index < -0.39 is 0 Å². The molecular formula is C38H24N4O. The molecule has 43 heavy (non-hydrogen) atoms. The number of benzene rings is 5. The molecular weight excluding hydrogens is 528 g/mol. The quantitative estimate of drug-likeness (QED) is 0.213. The number of pyridine rings is 1. The molecule has 0 fully saturated rings. The van der Waals surface area contributed by atoms with Crippen molar-refractivity contribution in [2.45, 2.75) is 0 Å². The predicted octanol–water partition coefficient (Wildman–Crippen LogP) is 9.50. The molecule has 0 aliphatic carbocycles. The van der Waals surface area contributed by atoms with Gasteiger partial charge in [-0.2, -0.15) is 0 Å². The van der Waals surface area contributed by atoms with Gasteiger partial charge in [0.15, 0.2) is 17.5 Å². The summed E-state index contributed by atoms with van der Waals surface area (Å²) in [6.45, 7) is 0. The molecule has 0 aliphatic rings. The Labute approximate surface area is 248 Å². The van der Waals surface area contributed by atoms with E-state index >= 15 is 0 Å². The van der Waals surface area contributed by atoms with E-state index in [4.69, 9.17) is 24.4 Å². The van der Waals surface area contributed by atoms with Gasteiger partial charge in [-0.05, 0) is 34.4 Å². The van der Waals surface area contributed by atoms with E-state index in [-0.39, 0.29) is 0 Å². The molecule has 0 aliphatic heterocycles. The normalized spacial score (nSPS) is 11.3. The summed E-state index contributed by atoms with van der Waals surface area (Å²) >= 11 is 0. The van der Waals surface area contributed by atoms with Crippen molar-refractivity contribution in [2.75, 3.05) is 0 Å². The highest BCUT2D eigenvalue weighted by molar-refractivity contribution is 6.10. The first-order valence-corrected chi connectivity index (χ1v) is 14.1. The fourth-order valence-electron chi connectivity index (χ4n) is 5.46. The molecule has 0 bridgehead atoms. The number of furan rings is 1. The zero-order valence-electron chi connectivity index (χ0n) is 23.1. The Balaban J connectivity index is 1.22. The number of fused-ring (bicyclic) bond motifs is 3. The maximum Gasteiger partial charge on any atom is 0.183 e. The van der Waals surface area contributed by atoms with Gasteiger partial charge in [0.25, 0.3) is 0 Å². The molecule has 5 aromatic carbocycles. The van der Waals surface area contributed by atoms with Crippen LogP contribution in [0.1, 0.15) is 0 Å². The van der Waals surface area contributed by atoms with Crippen LogP contribution >= 0.6 is 0 Å². The second kappa shape index (κ2) is 10.5. The lowest BCUT2D eigenvalue weighted by Crippen LogP contribution is -2.01. The highest BCUT2D eigenvalue weighted by Gasteiger charge is 2.18. The zero-order chi connectivity index (χ0) is 28.6. The second-order valence-electron chi connectivity index (χ2n) is 10.3. The Kier molecular flexibility index (Phi) is 6.05. The summed E-state index contributed by atoms with van der Waals surface area (Å²) < 4.78 is 6.12. The van der Waals surface area contributed by atoms with E-state index in [9.17, 15) is 0 Å². The average molecular weight is 553 g/mol. The number of hydrogen-bond acceptors (Lipinski definition) is 5. The van der Waals surface area contributed by atoms with Crippen molar-refractivity contribution in [3.8, 4) is 56.5 Å². The third kappa shape index (κ3) is 4.63. The SMILES string of the molecule is c1ccc(-c2ccc(-c3ccc(-c4nc(-c5ccccc5)nc(-c5nccc6oc7ccccc7c56)n4)cc3)cc2)cc1. The molecule has 3 aromatic heterocycles. The summed E-state index contributed by atoms with van der Waals surface area (Å²) in [6.07, 6.45) is 1.74. The molecule has 0 amide bonds. The van der Waals surface area contributed by atoms with Gasteiger partial charge in [-0.1, -0.05) is 127 Å². The minimum atomic E-state index is 0.501. The number of para-hydroxylation sites is 1. The van der Waals surface area contributed by atoms with Crippen LogP contribution in [0.15, 0.2) is 150 Å². The van der Waals surface area contributed by atoms with Crippen LogP contribution in [0.2, 0.25) is 0 Å². The summed E-state index contributed by atoms with van der Waals surface area (Å²) in [5.74, 6) is 1.68. The first-order chi connectivity index (χ1) is 21.3. The lowest BCUT2D eigenvalue weighted by Gasteiger charge is -2.09. The minimum Gasteiger partial charge on any atom is -0.456 e. The molecule has 202 valence electrons. The molecule has 0 radical (unpaired) electrons. The molecule has 5 nitrogen and oxygen atoms in total. The lowest BCUT2D eigenvalue weighted by molar-refractivity contribution is 0.668. The second-order valence-corrected chi connectivity index (χ2v) is 10.3. The van der Waals surface area contributed by atoms with Crippen molar-refractivity contribution in [3.63, 3.8) is 0 Å². The van der Waals surface area contributed by atoms with E-state index in [1.54, 1.807) is 6.20 Å². The van der Waals surface area contributed by atoms with E-state index in [2.05, 4.69) is 72.8 Å². The van der Waals surface area contributed by atoms with Crippen LogP contribution in [0.4, 0.5) is 0 Å². The highest BCUT2D eigenvalue weighted by Crippen LogP contribution is 2.35. The molecule has 8 aromatic rings. The average Bonchev–Trinajstić information content (AvgIpc) is 3.48. The number of hydrogen-bond donors (Lipinski definition) is 0. The van der Waals surface area contributed by atoms with Gasteiger partial charge >= 0.3 is 0 Å². The van der Waals surface area contributed by atoms with Gasteiger partial charge in [0.2, 0.25) is 0 Å². The van der Waals surface area contributed by atoms with Crippen molar-refractivity contribution >= 4 is 21.9 Å². The largest absolute Gasteiger partial charge is 0.456 e. The lowest BCUT2D eigenvalue weighted by atomic mass is 9.99. The van der Waals surface area contributed by atoms with E-state index in [0.717, 1.165) is 44.2 Å². The van der Waals surface area contributed by atoms with E-state index in [1.807, 2.05) is 66.7 Å². The molecule has 0 saturated carbocycles. The monoisotopic (exact) mass is 552 g/mol. The highest BCUT2D eigenvalue weighted by atomic mass is 16.3. The zero-order valence-corrected chi connectivity index (χ0v) is 23.1. The first kappa shape index (κ1) is 24.8. The van der Waals surface area contributed by atoms with Crippen molar-refractivity contribution in [3.05, 3.63) is 146 Å². The minimum absolute atomic E-state index is 0.501. The van der Waals surface area contributed by atoms with Gasteiger partial charge < -0.3 is 4.42 Å². The van der Waals surface area contributed by atoms with Crippen molar-refractivity contribution in [1.82, 2.24) is 19.9 Å². The molecule has 0 spiro atoms. The third-order valence-corrected chi connectivity index (χ3v) is 7.64. The van der Waals surface area contributed by atoms with Crippen LogP contribution in [-0.4, -0.2) is 19.9 Å². The maximum atomic E-state index is 6.12. The molecule has 0 N–H and O–H groups in total. The van der Waals surface area contributed by atoms with E-state index in [1.165, 1.54) is 11.1 Å². The van der Waals surface area contributed by atoms with Gasteiger partial charge in [0.05, 0.1) is 5.39 Å². The molecule has 5 heteroatoms. The summed E-state index contributed by atoms with van der Waals surface area (Å²) in [4.78, 5) is 19.5. The number of rotatable bonds is 5. The topological polar surface area (TPSA) is 64.7 Å². The molecule has 0 saturated heterocycles. The number of aromatic nitrogens is 4. The van der Waals surface area contributed by atoms with Crippen LogP contribution in [0.25, 0.3) is 78.5 Å². The van der Waals surface area contributed by atoms with E-state index in [0.29, 0.717) is 23.2 Å². The molecule has 0 unspecified atom stereocenters. The van der Waals surface area contributed by atoms with Gasteiger partial charge in [-0.3, -0.25) is 4.98 Å². The Bertz CT molecular complexity index is 2210. The van der Waals surface area contributed by atoms with Crippen LogP contribution in [-0.2, 0) is 0 Å². The first-order valence-electron chi connectivity index (χ1n) is 14.1. The summed E-state index contributed by atoms with van der Waals surface area (Å²) in [6, 6.07) is 47.2. The summed E-state index contributed by atoms with van der Waals surface area (Å²) in [5, 5.41) is 1.87. The van der Waals surface area contributed by atoms with Crippen molar-refractivity contribution in [1.29, 1.82) is 0 Å². The molecule has 8 rings (SSSR count). The van der Waals surface area contributed by atoms with Crippen molar-refractivity contribution in [2.24, 2.45) is 0 Å². The van der Waals surface area contributed by atoms with Gasteiger partial charge in [-0.25, -0.2) is 15.0 Å². The third-order valence-electron chi connectivity index (χ3n) is 7.64. The Morgan fingerprint density at radius 3 is 1.47 bits per heavy atom. The maximum absolute atomic E-state index is 6.12. The van der Waals surface area contributed by atoms with Gasteiger partial charge in [0.1, 0.15) is 16.9 Å². The standard InChI is InChI=1S/C38H24N4O/c1-3-9-25(10-4-1)26-15-17-27(18-16-26)28-19-21-30(22-20-28)37-40-36(29-11-5-2-6-12-29)41-38(42-37)35-34-31-13-7-8-14-32(31)43-33(34)23-24-39-35/h1-24H. The summed E-state index contributed by atoms with van der Waals surface area (Å²) in [5.41, 5.74) is 8.69. The predicted molar refractivity (Wildman–Crippen MR) is 172 cm³/mol. The van der Waals surface area contributed by atoms with Gasteiger partial charge in [-0.15, -0.1) is 0 Å².